The highest BCUT2D eigenvalue weighted by Gasteiger charge is 2.02. The lowest BCUT2D eigenvalue weighted by Crippen LogP contribution is -2.03. The smallest absolute Gasteiger partial charge is 0.203 e. The Kier molecular flexibility index (Phi) is 5.75. The lowest BCUT2D eigenvalue weighted by atomic mass is 10.1. The van der Waals surface area contributed by atoms with E-state index in [4.69, 9.17) is 4.74 Å². The van der Waals surface area contributed by atoms with Gasteiger partial charge < -0.3 is 4.74 Å². The Balaban J connectivity index is 1.95. The lowest BCUT2D eigenvalue weighted by molar-refractivity contribution is 0.289. The summed E-state index contributed by atoms with van der Waals surface area (Å²) in [7, 11) is 0. The van der Waals surface area contributed by atoms with Crippen molar-refractivity contribution in [2.24, 2.45) is 11.0 Å². The van der Waals surface area contributed by atoms with Crippen molar-refractivity contribution in [3.8, 4) is 5.75 Å². The molecule has 5 heteroatoms. The fraction of sp³-hybridized carbons (Fsp3) is 0.375. The van der Waals surface area contributed by atoms with Crippen LogP contribution in [0.3, 0.4) is 0 Å². The number of aryl methyl sites for hydroxylation is 1. The van der Waals surface area contributed by atoms with Crippen LogP contribution in [0, 0.1) is 12.8 Å². The first kappa shape index (κ1) is 15.5. The third-order valence-electron chi connectivity index (χ3n) is 2.85. The summed E-state index contributed by atoms with van der Waals surface area (Å²) in [5.41, 5.74) is 4.89. The van der Waals surface area contributed by atoms with Gasteiger partial charge in [0.15, 0.2) is 0 Å². The highest BCUT2D eigenvalue weighted by molar-refractivity contribution is 7.13. The van der Waals surface area contributed by atoms with Gasteiger partial charge in [0.1, 0.15) is 5.75 Å². The van der Waals surface area contributed by atoms with E-state index in [0.29, 0.717) is 5.92 Å². The average Bonchev–Trinajstić information content (AvgIpc) is 2.86. The third kappa shape index (κ3) is 5.19. The van der Waals surface area contributed by atoms with Gasteiger partial charge >= 0.3 is 0 Å². The number of aromatic nitrogens is 1. The van der Waals surface area contributed by atoms with Crippen molar-refractivity contribution >= 4 is 22.7 Å². The number of benzene rings is 1. The quantitative estimate of drug-likeness (QED) is 0.612. The molecule has 0 spiro atoms. The lowest BCUT2D eigenvalue weighted by Gasteiger charge is -2.10. The minimum Gasteiger partial charge on any atom is -0.493 e. The van der Waals surface area contributed by atoms with E-state index in [-0.39, 0.29) is 0 Å². The van der Waals surface area contributed by atoms with Crippen LogP contribution in [0.1, 0.15) is 31.5 Å². The molecule has 1 heterocycles. The molecule has 0 bridgehead atoms. The van der Waals surface area contributed by atoms with Crippen LogP contribution in [0.15, 0.2) is 34.7 Å². The van der Waals surface area contributed by atoms with Crippen LogP contribution in [0.2, 0.25) is 0 Å². The van der Waals surface area contributed by atoms with Gasteiger partial charge in [-0.3, -0.25) is 5.43 Å². The second-order valence-corrected chi connectivity index (χ2v) is 6.09. The molecule has 1 aromatic heterocycles. The van der Waals surface area contributed by atoms with Gasteiger partial charge in [-0.2, -0.15) is 5.10 Å². The molecule has 0 aliphatic rings. The van der Waals surface area contributed by atoms with Gasteiger partial charge in [-0.25, -0.2) is 4.98 Å². The maximum absolute atomic E-state index is 5.82. The molecule has 2 aromatic rings. The zero-order chi connectivity index (χ0) is 15.1. The number of ether oxygens (including phenoxy) is 1. The summed E-state index contributed by atoms with van der Waals surface area (Å²) in [5, 5.41) is 7.00. The minimum atomic E-state index is 0.639. The van der Waals surface area contributed by atoms with Crippen LogP contribution in [-0.4, -0.2) is 17.8 Å². The minimum absolute atomic E-state index is 0.639. The predicted molar refractivity (Wildman–Crippen MR) is 89.5 cm³/mol. The molecule has 112 valence electrons. The topological polar surface area (TPSA) is 46.5 Å². The molecule has 0 radical (unpaired) electrons. The van der Waals surface area contributed by atoms with Gasteiger partial charge in [-0.15, -0.1) is 11.3 Å². The molecule has 2 rings (SSSR count). The molecule has 0 amide bonds. The first-order chi connectivity index (χ1) is 10.1. The normalized spacial score (nSPS) is 11.2. The Morgan fingerprint density at radius 2 is 2.19 bits per heavy atom. The highest BCUT2D eigenvalue weighted by atomic mass is 32.1. The van der Waals surface area contributed by atoms with Gasteiger partial charge in [-0.05, 0) is 31.4 Å². The summed E-state index contributed by atoms with van der Waals surface area (Å²) in [6.45, 7) is 7.07. The molecule has 1 aromatic carbocycles. The zero-order valence-electron chi connectivity index (χ0n) is 12.7. The van der Waals surface area contributed by atoms with E-state index >= 15 is 0 Å². The first-order valence-corrected chi connectivity index (χ1v) is 7.96. The Bertz CT molecular complexity index is 593. The number of para-hydroxylation sites is 1. The summed E-state index contributed by atoms with van der Waals surface area (Å²) in [6, 6.07) is 7.90. The molecule has 0 atom stereocenters. The summed E-state index contributed by atoms with van der Waals surface area (Å²) < 4.78 is 5.82. The Hall–Kier alpha value is -1.88. The Morgan fingerprint density at radius 1 is 1.38 bits per heavy atom. The van der Waals surface area contributed by atoms with E-state index in [0.717, 1.165) is 35.2 Å². The van der Waals surface area contributed by atoms with Gasteiger partial charge in [0.2, 0.25) is 5.13 Å². The second-order valence-electron chi connectivity index (χ2n) is 5.23. The molecule has 0 saturated carbocycles. The number of thiazole rings is 1. The summed E-state index contributed by atoms with van der Waals surface area (Å²) in [5.74, 6) is 1.50. The average molecular weight is 303 g/mol. The van der Waals surface area contributed by atoms with Crippen LogP contribution < -0.4 is 10.2 Å². The molecule has 4 nitrogen and oxygen atoms in total. The van der Waals surface area contributed by atoms with E-state index in [1.807, 2.05) is 36.6 Å². The van der Waals surface area contributed by atoms with Gasteiger partial charge in [0.05, 0.1) is 18.5 Å². The van der Waals surface area contributed by atoms with E-state index in [2.05, 4.69) is 29.4 Å². The van der Waals surface area contributed by atoms with E-state index in [9.17, 15) is 0 Å². The van der Waals surface area contributed by atoms with E-state index < -0.39 is 0 Å². The van der Waals surface area contributed by atoms with Crippen LogP contribution in [-0.2, 0) is 0 Å². The largest absolute Gasteiger partial charge is 0.493 e. The number of nitrogens with one attached hydrogen (secondary N) is 1. The maximum atomic E-state index is 5.82. The van der Waals surface area contributed by atoms with Gasteiger partial charge in [0, 0.05) is 10.9 Å². The van der Waals surface area contributed by atoms with Crippen molar-refractivity contribution in [2.45, 2.75) is 27.2 Å². The monoisotopic (exact) mass is 303 g/mol. The second kappa shape index (κ2) is 7.78. The molecule has 1 N–H and O–H groups in total. The summed E-state index contributed by atoms with van der Waals surface area (Å²) in [4.78, 5) is 4.30. The molecule has 0 unspecified atom stereocenters. The summed E-state index contributed by atoms with van der Waals surface area (Å²) in [6.07, 6.45) is 2.81. The van der Waals surface area contributed by atoms with Crippen LogP contribution >= 0.6 is 11.3 Å². The van der Waals surface area contributed by atoms with Crippen molar-refractivity contribution in [3.63, 3.8) is 0 Å². The number of hydrazone groups is 1. The van der Waals surface area contributed by atoms with Crippen molar-refractivity contribution in [2.75, 3.05) is 12.0 Å². The molecule has 0 fully saturated rings. The number of hydrogen-bond acceptors (Lipinski definition) is 5. The van der Waals surface area contributed by atoms with Crippen LogP contribution in [0.25, 0.3) is 0 Å². The number of rotatable bonds is 7. The van der Waals surface area contributed by atoms with E-state index in [1.165, 1.54) is 11.3 Å². The summed E-state index contributed by atoms with van der Waals surface area (Å²) >= 11 is 1.54. The number of nitrogens with zero attached hydrogens (tertiary/aromatic N) is 2. The molecule has 0 aliphatic carbocycles. The van der Waals surface area contributed by atoms with E-state index in [1.54, 1.807) is 6.21 Å². The van der Waals surface area contributed by atoms with Crippen LogP contribution in [0.4, 0.5) is 5.13 Å². The highest BCUT2D eigenvalue weighted by Crippen LogP contribution is 2.18. The van der Waals surface area contributed by atoms with Crippen molar-refractivity contribution < 1.29 is 4.74 Å². The molecule has 0 saturated heterocycles. The van der Waals surface area contributed by atoms with Crippen molar-refractivity contribution in [1.29, 1.82) is 0 Å². The standard InChI is InChI=1S/C16H21N3OS/c1-12(2)8-9-20-15-7-5-4-6-14(15)10-17-19-16-18-13(3)11-21-16/h4-7,10-12H,8-9H2,1-3H3,(H,18,19). The fourth-order valence-corrected chi connectivity index (χ4v) is 2.32. The van der Waals surface area contributed by atoms with Gasteiger partial charge in [-0.1, -0.05) is 26.0 Å². The number of anilines is 1. The fourth-order valence-electron chi connectivity index (χ4n) is 1.69. The zero-order valence-corrected chi connectivity index (χ0v) is 13.5. The third-order valence-corrected chi connectivity index (χ3v) is 3.72. The Morgan fingerprint density at radius 3 is 2.90 bits per heavy atom. The molecular formula is C16H21N3OS. The first-order valence-electron chi connectivity index (χ1n) is 7.08. The predicted octanol–water partition coefficient (Wildman–Crippen LogP) is 4.32. The van der Waals surface area contributed by atoms with Crippen molar-refractivity contribution in [3.05, 3.63) is 40.9 Å². The molecular weight excluding hydrogens is 282 g/mol. The SMILES string of the molecule is Cc1csc(NN=Cc2ccccc2OCCC(C)C)n1. The molecule has 21 heavy (non-hydrogen) atoms. The Labute approximate surface area is 129 Å². The van der Waals surface area contributed by atoms with Crippen molar-refractivity contribution in [1.82, 2.24) is 4.98 Å². The maximum Gasteiger partial charge on any atom is 0.203 e. The van der Waals surface area contributed by atoms with Crippen LogP contribution in [0.5, 0.6) is 5.75 Å². The molecule has 0 aliphatic heterocycles. The number of hydrogen-bond donors (Lipinski definition) is 1. The van der Waals surface area contributed by atoms with Gasteiger partial charge in [0.25, 0.3) is 0 Å².